The molecule has 2 aromatic heterocycles. The third kappa shape index (κ3) is 2.93. The van der Waals surface area contributed by atoms with Crippen LogP contribution in [0.2, 0.25) is 0 Å². The first-order valence-electron chi connectivity index (χ1n) is 6.51. The molecule has 1 aliphatic rings. The molecule has 1 saturated heterocycles. The Bertz CT molecular complexity index is 557. The summed E-state index contributed by atoms with van der Waals surface area (Å²) in [4.78, 5) is 13.9. The van der Waals surface area contributed by atoms with E-state index in [4.69, 9.17) is 4.74 Å². The Kier molecular flexibility index (Phi) is 3.58. The van der Waals surface area contributed by atoms with Crippen molar-refractivity contribution in [3.8, 4) is 5.88 Å². The monoisotopic (exact) mass is 273 g/mol. The van der Waals surface area contributed by atoms with Crippen molar-refractivity contribution < 1.29 is 9.53 Å². The fraction of sp³-hybridized carbons (Fsp3) is 0.385. The summed E-state index contributed by atoms with van der Waals surface area (Å²) in [6.07, 6.45) is 5.83. The van der Waals surface area contributed by atoms with Crippen LogP contribution in [0.1, 0.15) is 6.42 Å². The SMILES string of the molecule is O=C(Cn1cccn1)N1CCC(Oc2cccnn2)C1. The number of ether oxygens (including phenoxy) is 1. The molecule has 2 aromatic rings. The quantitative estimate of drug-likeness (QED) is 0.804. The maximum Gasteiger partial charge on any atom is 0.244 e. The van der Waals surface area contributed by atoms with Crippen LogP contribution in [0.15, 0.2) is 36.8 Å². The van der Waals surface area contributed by atoms with E-state index in [0.717, 1.165) is 6.42 Å². The minimum atomic E-state index is -0.0201. The normalized spacial score (nSPS) is 18.2. The summed E-state index contributed by atoms with van der Waals surface area (Å²) in [6.45, 7) is 1.55. The number of likely N-dealkylation sites (tertiary alicyclic amines) is 1. The molecule has 0 radical (unpaired) electrons. The van der Waals surface area contributed by atoms with Gasteiger partial charge in [0.25, 0.3) is 0 Å². The first-order valence-corrected chi connectivity index (χ1v) is 6.51. The van der Waals surface area contributed by atoms with Gasteiger partial charge in [0.1, 0.15) is 12.6 Å². The van der Waals surface area contributed by atoms with E-state index < -0.39 is 0 Å². The van der Waals surface area contributed by atoms with E-state index in [2.05, 4.69) is 15.3 Å². The van der Waals surface area contributed by atoms with Crippen LogP contribution in [0.25, 0.3) is 0 Å². The molecule has 1 fully saturated rings. The average Bonchev–Trinajstić information content (AvgIpc) is 3.11. The zero-order chi connectivity index (χ0) is 13.8. The molecule has 20 heavy (non-hydrogen) atoms. The van der Waals surface area contributed by atoms with Crippen molar-refractivity contribution in [3.05, 3.63) is 36.8 Å². The van der Waals surface area contributed by atoms with E-state index in [0.29, 0.717) is 19.0 Å². The van der Waals surface area contributed by atoms with E-state index in [1.54, 1.807) is 46.4 Å². The molecule has 3 rings (SSSR count). The van der Waals surface area contributed by atoms with Crippen molar-refractivity contribution in [1.29, 1.82) is 0 Å². The zero-order valence-corrected chi connectivity index (χ0v) is 10.9. The smallest absolute Gasteiger partial charge is 0.244 e. The second kappa shape index (κ2) is 5.68. The van der Waals surface area contributed by atoms with Gasteiger partial charge in [-0.15, -0.1) is 5.10 Å². The number of hydrogen-bond acceptors (Lipinski definition) is 5. The summed E-state index contributed by atoms with van der Waals surface area (Å²) in [7, 11) is 0. The van der Waals surface area contributed by atoms with Crippen LogP contribution in [0.4, 0.5) is 0 Å². The Morgan fingerprint density at radius 3 is 3.10 bits per heavy atom. The second-order valence-electron chi connectivity index (χ2n) is 4.63. The molecule has 0 spiro atoms. The Morgan fingerprint density at radius 1 is 1.40 bits per heavy atom. The Labute approximate surface area is 116 Å². The van der Waals surface area contributed by atoms with Gasteiger partial charge < -0.3 is 9.64 Å². The Morgan fingerprint density at radius 2 is 2.35 bits per heavy atom. The molecule has 1 atom stereocenters. The number of carbonyl (C=O) groups is 1. The van der Waals surface area contributed by atoms with Crippen molar-refractivity contribution >= 4 is 5.91 Å². The highest BCUT2D eigenvalue weighted by molar-refractivity contribution is 5.76. The van der Waals surface area contributed by atoms with Gasteiger partial charge in [-0.3, -0.25) is 9.48 Å². The van der Waals surface area contributed by atoms with Gasteiger partial charge in [0, 0.05) is 37.6 Å². The van der Waals surface area contributed by atoms with Gasteiger partial charge in [0.2, 0.25) is 11.8 Å². The van der Waals surface area contributed by atoms with Crippen molar-refractivity contribution in [2.24, 2.45) is 0 Å². The van der Waals surface area contributed by atoms with Crippen LogP contribution in [0, 0.1) is 0 Å². The van der Waals surface area contributed by atoms with Gasteiger partial charge in [-0.2, -0.15) is 10.2 Å². The average molecular weight is 273 g/mol. The highest BCUT2D eigenvalue weighted by Crippen LogP contribution is 2.16. The van der Waals surface area contributed by atoms with Crippen molar-refractivity contribution in [3.63, 3.8) is 0 Å². The van der Waals surface area contributed by atoms with Crippen molar-refractivity contribution in [2.45, 2.75) is 19.1 Å². The number of amides is 1. The molecule has 3 heterocycles. The number of carbonyl (C=O) groups excluding carboxylic acids is 1. The van der Waals surface area contributed by atoms with Gasteiger partial charge in [-0.1, -0.05) is 0 Å². The lowest BCUT2D eigenvalue weighted by atomic mass is 10.3. The summed E-state index contributed by atoms with van der Waals surface area (Å²) in [5.41, 5.74) is 0. The third-order valence-corrected chi connectivity index (χ3v) is 3.19. The summed E-state index contributed by atoms with van der Waals surface area (Å²) >= 11 is 0. The van der Waals surface area contributed by atoms with Gasteiger partial charge in [0.15, 0.2) is 0 Å². The highest BCUT2D eigenvalue weighted by Gasteiger charge is 2.27. The topological polar surface area (TPSA) is 73.1 Å². The van der Waals surface area contributed by atoms with Crippen LogP contribution in [0.3, 0.4) is 0 Å². The lowest BCUT2D eigenvalue weighted by Gasteiger charge is -2.16. The van der Waals surface area contributed by atoms with E-state index in [1.165, 1.54) is 0 Å². The van der Waals surface area contributed by atoms with Gasteiger partial charge in [-0.05, 0) is 12.1 Å². The van der Waals surface area contributed by atoms with Gasteiger partial charge in [0.05, 0.1) is 6.54 Å². The van der Waals surface area contributed by atoms with Crippen LogP contribution < -0.4 is 4.74 Å². The van der Waals surface area contributed by atoms with E-state index in [-0.39, 0.29) is 18.6 Å². The van der Waals surface area contributed by atoms with Crippen LogP contribution in [0.5, 0.6) is 5.88 Å². The minimum Gasteiger partial charge on any atom is -0.471 e. The molecule has 0 aliphatic carbocycles. The van der Waals surface area contributed by atoms with Gasteiger partial charge in [-0.25, -0.2) is 0 Å². The molecule has 104 valence electrons. The molecule has 7 nitrogen and oxygen atoms in total. The molecule has 0 aromatic carbocycles. The van der Waals surface area contributed by atoms with Crippen LogP contribution in [-0.4, -0.2) is 50.0 Å². The fourth-order valence-corrected chi connectivity index (χ4v) is 2.20. The zero-order valence-electron chi connectivity index (χ0n) is 10.9. The largest absolute Gasteiger partial charge is 0.471 e. The van der Waals surface area contributed by atoms with Gasteiger partial charge >= 0.3 is 0 Å². The fourth-order valence-electron chi connectivity index (χ4n) is 2.20. The molecule has 1 amide bonds. The maximum absolute atomic E-state index is 12.1. The highest BCUT2D eigenvalue weighted by atomic mass is 16.5. The Hall–Kier alpha value is -2.44. The van der Waals surface area contributed by atoms with Crippen LogP contribution >= 0.6 is 0 Å². The van der Waals surface area contributed by atoms with Crippen molar-refractivity contribution in [1.82, 2.24) is 24.9 Å². The predicted molar refractivity (Wildman–Crippen MR) is 69.9 cm³/mol. The maximum atomic E-state index is 12.1. The molecule has 7 heteroatoms. The minimum absolute atomic E-state index is 0.0201. The molecule has 0 N–H and O–H groups in total. The molecular formula is C13H15N5O2. The first kappa shape index (κ1) is 12.6. The number of rotatable bonds is 4. The van der Waals surface area contributed by atoms with Crippen LogP contribution in [-0.2, 0) is 11.3 Å². The Balaban J connectivity index is 1.53. The molecular weight excluding hydrogens is 258 g/mol. The van der Waals surface area contributed by atoms with E-state index >= 15 is 0 Å². The number of aromatic nitrogens is 4. The first-order chi connectivity index (χ1) is 9.81. The van der Waals surface area contributed by atoms with Crippen molar-refractivity contribution in [2.75, 3.05) is 13.1 Å². The predicted octanol–water partition coefficient (Wildman–Crippen LogP) is 0.353. The molecule has 0 saturated carbocycles. The molecule has 0 bridgehead atoms. The number of hydrogen-bond donors (Lipinski definition) is 0. The number of nitrogens with zero attached hydrogens (tertiary/aromatic N) is 5. The lowest BCUT2D eigenvalue weighted by Crippen LogP contribution is -2.33. The lowest BCUT2D eigenvalue weighted by molar-refractivity contribution is -0.131. The summed E-state index contributed by atoms with van der Waals surface area (Å²) < 4.78 is 7.33. The molecule has 1 aliphatic heterocycles. The summed E-state index contributed by atoms with van der Waals surface area (Å²) in [5, 5.41) is 11.7. The summed E-state index contributed by atoms with van der Waals surface area (Å²) in [6, 6.07) is 5.34. The standard InChI is InChI=1S/C13H15N5O2/c19-13(10-18-7-2-6-15-18)17-8-4-11(9-17)20-12-3-1-5-14-16-12/h1-3,5-7,11H,4,8-10H2. The molecule has 1 unspecified atom stereocenters. The summed E-state index contributed by atoms with van der Waals surface area (Å²) in [5.74, 6) is 0.554. The van der Waals surface area contributed by atoms with E-state index in [9.17, 15) is 4.79 Å². The van der Waals surface area contributed by atoms with E-state index in [1.807, 2.05) is 0 Å². The second-order valence-corrected chi connectivity index (χ2v) is 4.63. The third-order valence-electron chi connectivity index (χ3n) is 3.19.